The molecule has 2 aliphatic rings. The Morgan fingerprint density at radius 1 is 1.15 bits per heavy atom. The lowest BCUT2D eigenvalue weighted by Gasteiger charge is -2.41. The van der Waals surface area contributed by atoms with Crippen molar-refractivity contribution in [1.29, 1.82) is 0 Å². The number of rotatable bonds is 5. The van der Waals surface area contributed by atoms with Crippen LogP contribution < -0.4 is 10.6 Å². The largest absolute Gasteiger partial charge is 0.379 e. The van der Waals surface area contributed by atoms with Crippen LogP contribution in [0, 0.1) is 0 Å². The van der Waals surface area contributed by atoms with Crippen LogP contribution in [-0.4, -0.2) is 71.1 Å². The third-order valence-electron chi connectivity index (χ3n) is 5.13. The van der Waals surface area contributed by atoms with Crippen molar-refractivity contribution in [2.75, 3.05) is 39.9 Å². The molecule has 0 aliphatic carbocycles. The molecule has 0 saturated carbocycles. The van der Waals surface area contributed by atoms with Crippen molar-refractivity contribution >= 4 is 29.9 Å². The molecule has 1 fully saturated rings. The molecule has 148 valence electrons. The van der Waals surface area contributed by atoms with E-state index in [2.05, 4.69) is 49.1 Å². The molecule has 3 heterocycles. The molecule has 0 bridgehead atoms. The molecule has 9 heteroatoms. The van der Waals surface area contributed by atoms with Crippen LogP contribution in [-0.2, 0) is 24.2 Å². The number of aliphatic imine (C=N–C) groups is 1. The van der Waals surface area contributed by atoms with E-state index in [0.717, 1.165) is 63.4 Å². The molecule has 0 unspecified atom stereocenters. The van der Waals surface area contributed by atoms with Crippen LogP contribution in [0.2, 0.25) is 0 Å². The molecule has 3 rings (SSSR count). The maximum absolute atomic E-state index is 5.45. The molecule has 0 aromatic carbocycles. The maximum atomic E-state index is 5.45. The Kier molecular flexibility index (Phi) is 8.08. The Morgan fingerprint density at radius 3 is 2.65 bits per heavy atom. The second kappa shape index (κ2) is 9.84. The third-order valence-corrected chi connectivity index (χ3v) is 5.13. The zero-order valence-corrected chi connectivity index (χ0v) is 18.5. The van der Waals surface area contributed by atoms with Gasteiger partial charge in [0.1, 0.15) is 5.82 Å². The second-order valence-electron chi connectivity index (χ2n) is 7.33. The summed E-state index contributed by atoms with van der Waals surface area (Å²) in [7, 11) is 1.80. The Balaban J connectivity index is 0.00000243. The average Bonchev–Trinajstić information content (AvgIpc) is 3.06. The average molecular weight is 477 g/mol. The smallest absolute Gasteiger partial charge is 0.191 e. The van der Waals surface area contributed by atoms with Crippen LogP contribution in [0.15, 0.2) is 4.99 Å². The molecule has 1 aromatic heterocycles. The number of ether oxygens (including phenoxy) is 1. The predicted octanol–water partition coefficient (Wildman–Crippen LogP) is 1.01. The lowest BCUT2D eigenvalue weighted by Crippen LogP contribution is -2.56. The summed E-state index contributed by atoms with van der Waals surface area (Å²) < 4.78 is 7.69. The van der Waals surface area contributed by atoms with E-state index in [-0.39, 0.29) is 29.5 Å². The van der Waals surface area contributed by atoms with Crippen molar-refractivity contribution in [1.82, 2.24) is 30.3 Å². The predicted molar refractivity (Wildman–Crippen MR) is 113 cm³/mol. The quantitative estimate of drug-likeness (QED) is 0.375. The highest BCUT2D eigenvalue weighted by Gasteiger charge is 2.28. The topological polar surface area (TPSA) is 79.6 Å². The van der Waals surface area contributed by atoms with Gasteiger partial charge in [-0.15, -0.1) is 34.2 Å². The molecular formula is C17H32IN7O. The van der Waals surface area contributed by atoms with Gasteiger partial charge in [0.25, 0.3) is 0 Å². The highest BCUT2D eigenvalue weighted by Crippen LogP contribution is 2.15. The Morgan fingerprint density at radius 2 is 1.92 bits per heavy atom. The van der Waals surface area contributed by atoms with Gasteiger partial charge in [0, 0.05) is 45.2 Å². The number of morpholine rings is 1. The van der Waals surface area contributed by atoms with Gasteiger partial charge in [-0.25, -0.2) is 0 Å². The van der Waals surface area contributed by atoms with Crippen LogP contribution in [0.4, 0.5) is 0 Å². The maximum Gasteiger partial charge on any atom is 0.191 e. The highest BCUT2D eigenvalue weighted by molar-refractivity contribution is 14.0. The molecule has 0 amide bonds. The van der Waals surface area contributed by atoms with Crippen molar-refractivity contribution in [3.63, 3.8) is 0 Å². The monoisotopic (exact) mass is 477 g/mol. The van der Waals surface area contributed by atoms with E-state index in [1.165, 1.54) is 12.8 Å². The lowest BCUT2D eigenvalue weighted by molar-refractivity contribution is -0.00834. The minimum Gasteiger partial charge on any atom is -0.379 e. The van der Waals surface area contributed by atoms with E-state index >= 15 is 0 Å². The number of aromatic nitrogens is 3. The highest BCUT2D eigenvalue weighted by atomic mass is 127. The number of nitrogens with zero attached hydrogens (tertiary/aromatic N) is 5. The molecule has 0 atom stereocenters. The van der Waals surface area contributed by atoms with Gasteiger partial charge < -0.3 is 19.9 Å². The number of hydrogen-bond acceptors (Lipinski definition) is 5. The minimum absolute atomic E-state index is 0. The number of nitrogens with one attached hydrogen (secondary N) is 2. The van der Waals surface area contributed by atoms with Crippen molar-refractivity contribution < 1.29 is 4.74 Å². The molecule has 1 saturated heterocycles. The summed E-state index contributed by atoms with van der Waals surface area (Å²) in [5.74, 6) is 2.90. The fourth-order valence-corrected chi connectivity index (χ4v) is 3.46. The zero-order valence-electron chi connectivity index (χ0n) is 16.1. The van der Waals surface area contributed by atoms with Gasteiger partial charge in [-0.1, -0.05) is 0 Å². The first-order valence-corrected chi connectivity index (χ1v) is 9.28. The SMILES string of the molecule is CN=C(NCc1nnc2n1CCCC2)NCC(C)(C)N1CCOCC1.I. The summed E-state index contributed by atoms with van der Waals surface area (Å²) in [6, 6.07) is 0. The van der Waals surface area contributed by atoms with Crippen LogP contribution in [0.25, 0.3) is 0 Å². The van der Waals surface area contributed by atoms with Gasteiger partial charge in [0.05, 0.1) is 19.8 Å². The van der Waals surface area contributed by atoms with Crippen molar-refractivity contribution in [3.05, 3.63) is 11.6 Å². The van der Waals surface area contributed by atoms with Gasteiger partial charge in [-0.2, -0.15) is 0 Å². The van der Waals surface area contributed by atoms with E-state index in [4.69, 9.17) is 4.74 Å². The van der Waals surface area contributed by atoms with E-state index in [0.29, 0.717) is 6.54 Å². The molecular weight excluding hydrogens is 445 g/mol. The molecule has 2 aliphatic heterocycles. The summed E-state index contributed by atoms with van der Waals surface area (Å²) in [6.07, 6.45) is 3.46. The molecule has 0 radical (unpaired) electrons. The fraction of sp³-hybridized carbons (Fsp3) is 0.824. The summed E-state index contributed by atoms with van der Waals surface area (Å²) in [5, 5.41) is 15.5. The summed E-state index contributed by atoms with van der Waals surface area (Å²) in [5.41, 5.74) is 0.0510. The summed E-state index contributed by atoms with van der Waals surface area (Å²) in [4.78, 5) is 6.81. The van der Waals surface area contributed by atoms with Gasteiger partial charge in [-0.05, 0) is 26.7 Å². The summed E-state index contributed by atoms with van der Waals surface area (Å²) in [6.45, 7) is 10.6. The summed E-state index contributed by atoms with van der Waals surface area (Å²) >= 11 is 0. The fourth-order valence-electron chi connectivity index (χ4n) is 3.46. The van der Waals surface area contributed by atoms with Gasteiger partial charge >= 0.3 is 0 Å². The molecule has 0 spiro atoms. The first-order chi connectivity index (χ1) is 12.1. The first-order valence-electron chi connectivity index (χ1n) is 9.28. The van der Waals surface area contributed by atoms with Gasteiger partial charge in [0.15, 0.2) is 11.8 Å². The van der Waals surface area contributed by atoms with Gasteiger partial charge in [0.2, 0.25) is 0 Å². The van der Waals surface area contributed by atoms with Gasteiger partial charge in [-0.3, -0.25) is 9.89 Å². The van der Waals surface area contributed by atoms with Crippen molar-refractivity contribution in [3.8, 4) is 0 Å². The van der Waals surface area contributed by atoms with Crippen LogP contribution in [0.3, 0.4) is 0 Å². The normalized spacial score (nSPS) is 18.8. The lowest BCUT2D eigenvalue weighted by atomic mass is 10.0. The van der Waals surface area contributed by atoms with Crippen LogP contribution in [0.1, 0.15) is 38.3 Å². The van der Waals surface area contributed by atoms with Crippen molar-refractivity contribution in [2.24, 2.45) is 4.99 Å². The van der Waals surface area contributed by atoms with E-state index < -0.39 is 0 Å². The number of guanidine groups is 1. The molecule has 1 aromatic rings. The second-order valence-corrected chi connectivity index (χ2v) is 7.33. The number of aryl methyl sites for hydroxylation is 1. The molecule has 2 N–H and O–H groups in total. The van der Waals surface area contributed by atoms with E-state index in [9.17, 15) is 0 Å². The van der Waals surface area contributed by atoms with E-state index in [1.807, 2.05) is 0 Å². The Bertz CT molecular complexity index is 596. The van der Waals surface area contributed by atoms with E-state index in [1.54, 1.807) is 7.05 Å². The molecule has 26 heavy (non-hydrogen) atoms. The van der Waals surface area contributed by atoms with Crippen LogP contribution in [0.5, 0.6) is 0 Å². The number of hydrogen-bond donors (Lipinski definition) is 2. The standard InChI is InChI=1S/C17H31N7O.HI/c1-17(2,23-8-10-25-11-9-23)13-20-16(18-3)19-12-15-22-21-14-6-4-5-7-24(14)15;/h4-13H2,1-3H3,(H2,18,19,20);1H. The first kappa shape index (κ1) is 21.4. The zero-order chi connectivity index (χ0) is 17.7. The Hall–Kier alpha value is -0.940. The Labute approximate surface area is 173 Å². The minimum atomic E-state index is 0. The number of fused-ring (bicyclic) bond motifs is 1. The van der Waals surface area contributed by atoms with Crippen molar-refractivity contribution in [2.45, 2.75) is 51.7 Å². The number of halogens is 1. The van der Waals surface area contributed by atoms with Crippen LogP contribution >= 0.6 is 24.0 Å². The third kappa shape index (κ3) is 5.29. The molecule has 8 nitrogen and oxygen atoms in total.